The van der Waals surface area contributed by atoms with E-state index in [-0.39, 0.29) is 35.6 Å². The number of carbonyl (C=O) groups excluding carboxylic acids is 2. The number of Topliss-reactive ketones (excluding diaryl/α,β-unsaturated/α-hetero) is 1. The maximum Gasteiger partial charge on any atom is 0.243 e. The Labute approximate surface area is 178 Å². The molecular formula is C23H28N2O4S. The molecule has 0 saturated carbocycles. The van der Waals surface area contributed by atoms with Crippen LogP contribution >= 0.6 is 0 Å². The van der Waals surface area contributed by atoms with Crippen LogP contribution in [0.3, 0.4) is 0 Å². The van der Waals surface area contributed by atoms with E-state index in [1.807, 2.05) is 30.3 Å². The van der Waals surface area contributed by atoms with E-state index >= 15 is 0 Å². The topological polar surface area (TPSA) is 74.8 Å². The van der Waals surface area contributed by atoms with Crippen molar-refractivity contribution in [2.75, 3.05) is 26.2 Å². The van der Waals surface area contributed by atoms with E-state index in [0.29, 0.717) is 18.7 Å². The highest BCUT2D eigenvalue weighted by Gasteiger charge is 2.32. The summed E-state index contributed by atoms with van der Waals surface area (Å²) < 4.78 is 27.3. The van der Waals surface area contributed by atoms with Gasteiger partial charge in [-0.05, 0) is 31.0 Å². The third-order valence-corrected chi connectivity index (χ3v) is 7.44. The minimum Gasteiger partial charge on any atom is -0.340 e. The van der Waals surface area contributed by atoms with Crippen molar-refractivity contribution < 1.29 is 18.0 Å². The van der Waals surface area contributed by atoms with Crippen molar-refractivity contribution in [3.05, 3.63) is 65.7 Å². The van der Waals surface area contributed by atoms with Crippen LogP contribution < -0.4 is 0 Å². The molecule has 2 aromatic carbocycles. The number of piperazine rings is 1. The number of amides is 1. The maximum absolute atomic E-state index is 13.1. The molecule has 1 aliphatic rings. The zero-order valence-corrected chi connectivity index (χ0v) is 18.3. The molecule has 1 aliphatic heterocycles. The van der Waals surface area contributed by atoms with Crippen molar-refractivity contribution in [3.63, 3.8) is 0 Å². The van der Waals surface area contributed by atoms with Crippen LogP contribution in [0.4, 0.5) is 0 Å². The Morgan fingerprint density at radius 3 is 2.07 bits per heavy atom. The summed E-state index contributed by atoms with van der Waals surface area (Å²) in [6, 6.07) is 15.8. The summed E-state index contributed by atoms with van der Waals surface area (Å²) in [4.78, 5) is 26.5. The Kier molecular flexibility index (Phi) is 7.05. The molecule has 1 atom stereocenters. The molecule has 3 rings (SSSR count). The number of benzene rings is 2. The highest BCUT2D eigenvalue weighted by Crippen LogP contribution is 2.25. The normalized spacial score (nSPS) is 16.3. The summed E-state index contributed by atoms with van der Waals surface area (Å²) in [6.45, 7) is 4.77. The monoisotopic (exact) mass is 428 g/mol. The minimum absolute atomic E-state index is 0.0610. The number of sulfonamides is 1. The average molecular weight is 429 g/mol. The molecule has 6 nitrogen and oxygen atoms in total. The van der Waals surface area contributed by atoms with Gasteiger partial charge in [0.2, 0.25) is 15.9 Å². The number of rotatable bonds is 7. The molecule has 1 fully saturated rings. The highest BCUT2D eigenvalue weighted by atomic mass is 32.2. The van der Waals surface area contributed by atoms with Gasteiger partial charge in [0, 0.05) is 31.7 Å². The third-order valence-electron chi connectivity index (χ3n) is 5.53. The molecule has 1 unspecified atom stereocenters. The Morgan fingerprint density at radius 2 is 1.53 bits per heavy atom. The number of nitrogens with zero attached hydrogens (tertiary/aromatic N) is 2. The van der Waals surface area contributed by atoms with Gasteiger partial charge in [-0.3, -0.25) is 9.59 Å². The number of carbonyl (C=O) groups is 2. The van der Waals surface area contributed by atoms with E-state index in [2.05, 4.69) is 6.92 Å². The van der Waals surface area contributed by atoms with Crippen molar-refractivity contribution in [1.82, 2.24) is 9.21 Å². The van der Waals surface area contributed by atoms with E-state index in [4.69, 9.17) is 0 Å². The second-order valence-electron chi connectivity index (χ2n) is 7.56. The maximum atomic E-state index is 13.1. The van der Waals surface area contributed by atoms with E-state index in [0.717, 1.165) is 18.4 Å². The Balaban J connectivity index is 1.68. The van der Waals surface area contributed by atoms with Crippen LogP contribution in [-0.2, 0) is 14.8 Å². The lowest BCUT2D eigenvalue weighted by Crippen LogP contribution is -2.51. The van der Waals surface area contributed by atoms with Gasteiger partial charge < -0.3 is 4.90 Å². The number of hydrogen-bond donors (Lipinski definition) is 0. The van der Waals surface area contributed by atoms with Crippen LogP contribution in [0.5, 0.6) is 0 Å². The quantitative estimate of drug-likeness (QED) is 0.634. The molecule has 2 aromatic rings. The van der Waals surface area contributed by atoms with Crippen LogP contribution in [0.15, 0.2) is 59.5 Å². The van der Waals surface area contributed by atoms with Gasteiger partial charge in [0.05, 0.1) is 10.8 Å². The number of ketones is 1. The second-order valence-corrected chi connectivity index (χ2v) is 9.50. The molecule has 1 saturated heterocycles. The van der Waals surface area contributed by atoms with Gasteiger partial charge in [0.25, 0.3) is 0 Å². The van der Waals surface area contributed by atoms with Crippen molar-refractivity contribution >= 4 is 21.7 Å². The fraction of sp³-hybridized carbons (Fsp3) is 0.391. The largest absolute Gasteiger partial charge is 0.340 e. The predicted molar refractivity (Wildman–Crippen MR) is 116 cm³/mol. The van der Waals surface area contributed by atoms with E-state index in [9.17, 15) is 18.0 Å². The first-order chi connectivity index (χ1) is 14.3. The number of hydrogen-bond acceptors (Lipinski definition) is 4. The van der Waals surface area contributed by atoms with E-state index in [1.165, 1.54) is 35.5 Å². The van der Waals surface area contributed by atoms with Crippen molar-refractivity contribution in [1.29, 1.82) is 0 Å². The second kappa shape index (κ2) is 9.53. The minimum atomic E-state index is -3.65. The van der Waals surface area contributed by atoms with Gasteiger partial charge in [0.1, 0.15) is 0 Å². The van der Waals surface area contributed by atoms with Crippen LogP contribution in [0.1, 0.15) is 48.5 Å². The summed E-state index contributed by atoms with van der Waals surface area (Å²) >= 11 is 0. The van der Waals surface area contributed by atoms with E-state index in [1.54, 1.807) is 4.90 Å². The molecule has 30 heavy (non-hydrogen) atoms. The molecule has 0 spiro atoms. The summed E-state index contributed by atoms with van der Waals surface area (Å²) in [5.74, 6) is -0.240. The summed E-state index contributed by atoms with van der Waals surface area (Å²) in [6.07, 6.45) is 1.67. The fourth-order valence-electron chi connectivity index (χ4n) is 3.79. The lowest BCUT2D eigenvalue weighted by Gasteiger charge is -2.36. The Morgan fingerprint density at radius 1 is 0.933 bits per heavy atom. The first kappa shape index (κ1) is 22.2. The molecule has 0 aromatic heterocycles. The molecule has 0 radical (unpaired) electrons. The van der Waals surface area contributed by atoms with Crippen molar-refractivity contribution in [3.8, 4) is 0 Å². The van der Waals surface area contributed by atoms with Gasteiger partial charge in [0.15, 0.2) is 5.78 Å². The SMILES string of the molecule is CCCC(C(=O)N1CCN(S(=O)(=O)c2ccc(C(C)=O)cc2)CC1)c1ccccc1. The molecule has 0 N–H and O–H groups in total. The zero-order valence-electron chi connectivity index (χ0n) is 17.5. The average Bonchev–Trinajstić information content (AvgIpc) is 2.77. The van der Waals surface area contributed by atoms with Crippen molar-refractivity contribution in [2.24, 2.45) is 0 Å². The Hall–Kier alpha value is -2.51. The first-order valence-corrected chi connectivity index (χ1v) is 11.7. The van der Waals surface area contributed by atoms with Gasteiger partial charge in [-0.25, -0.2) is 8.42 Å². The smallest absolute Gasteiger partial charge is 0.243 e. The fourth-order valence-corrected chi connectivity index (χ4v) is 5.21. The molecule has 1 heterocycles. The summed E-state index contributed by atoms with van der Waals surface area (Å²) in [7, 11) is -3.65. The molecule has 1 amide bonds. The summed E-state index contributed by atoms with van der Waals surface area (Å²) in [5, 5.41) is 0. The summed E-state index contributed by atoms with van der Waals surface area (Å²) in [5.41, 5.74) is 1.48. The Bertz CT molecular complexity index is 980. The zero-order chi connectivity index (χ0) is 21.7. The van der Waals surface area contributed by atoms with Gasteiger partial charge in [-0.1, -0.05) is 55.8 Å². The van der Waals surface area contributed by atoms with Gasteiger partial charge in [-0.2, -0.15) is 4.31 Å². The molecule has 160 valence electrons. The van der Waals surface area contributed by atoms with Crippen LogP contribution in [-0.4, -0.2) is 55.5 Å². The third kappa shape index (κ3) is 4.79. The van der Waals surface area contributed by atoms with E-state index < -0.39 is 10.0 Å². The highest BCUT2D eigenvalue weighted by molar-refractivity contribution is 7.89. The standard InChI is InChI=1S/C23H28N2O4S/c1-3-7-22(20-8-5-4-6-9-20)23(27)24-14-16-25(17-15-24)30(28,29)21-12-10-19(11-13-21)18(2)26/h4-6,8-13,22H,3,7,14-17H2,1-2H3. The molecule has 7 heteroatoms. The lowest BCUT2D eigenvalue weighted by atomic mass is 9.93. The van der Waals surface area contributed by atoms with Crippen LogP contribution in [0.25, 0.3) is 0 Å². The molecule has 0 aliphatic carbocycles. The first-order valence-electron chi connectivity index (χ1n) is 10.3. The lowest BCUT2D eigenvalue weighted by molar-refractivity contribution is -0.134. The van der Waals surface area contributed by atoms with Gasteiger partial charge in [-0.15, -0.1) is 0 Å². The predicted octanol–water partition coefficient (Wildman–Crippen LogP) is 3.31. The van der Waals surface area contributed by atoms with Crippen molar-refractivity contribution in [2.45, 2.75) is 37.5 Å². The van der Waals surface area contributed by atoms with Crippen LogP contribution in [0.2, 0.25) is 0 Å². The molecule has 0 bridgehead atoms. The van der Waals surface area contributed by atoms with Gasteiger partial charge >= 0.3 is 0 Å². The van der Waals surface area contributed by atoms with Crippen LogP contribution in [0, 0.1) is 0 Å². The molecular weight excluding hydrogens is 400 g/mol.